The quantitative estimate of drug-likeness (QED) is 0.864. The molecule has 0 fully saturated rings. The van der Waals surface area contributed by atoms with Crippen LogP contribution in [0.25, 0.3) is 0 Å². The highest BCUT2D eigenvalue weighted by molar-refractivity contribution is 5.92. The number of anilines is 1. The number of nitrogens with one attached hydrogen (secondary N) is 1. The van der Waals surface area contributed by atoms with Crippen molar-refractivity contribution in [2.45, 2.75) is 13.3 Å². The first-order valence-electron chi connectivity index (χ1n) is 6.79. The molecule has 114 valence electrons. The molecule has 0 unspecified atom stereocenters. The van der Waals surface area contributed by atoms with Gasteiger partial charge >= 0.3 is 5.97 Å². The first-order chi connectivity index (χ1) is 10.5. The zero-order valence-corrected chi connectivity index (χ0v) is 12.1. The summed E-state index contributed by atoms with van der Waals surface area (Å²) in [6, 6.07) is 12.8. The summed E-state index contributed by atoms with van der Waals surface area (Å²) in [6.07, 6.45) is 0.117. The Morgan fingerprint density at radius 2 is 1.86 bits per heavy atom. The molecule has 2 aromatic carbocycles. The van der Waals surface area contributed by atoms with E-state index in [1.807, 2.05) is 31.2 Å². The Bertz CT molecular complexity index is 668. The molecule has 0 radical (unpaired) electrons. The molecule has 22 heavy (non-hydrogen) atoms. The van der Waals surface area contributed by atoms with Crippen LogP contribution < -0.4 is 5.32 Å². The molecule has 0 aromatic heterocycles. The summed E-state index contributed by atoms with van der Waals surface area (Å²) in [6.45, 7) is 1.56. The lowest BCUT2D eigenvalue weighted by Crippen LogP contribution is -2.21. The molecule has 0 saturated carbocycles. The second-order valence-corrected chi connectivity index (χ2v) is 4.88. The minimum absolute atomic E-state index is 0.117. The number of halogens is 1. The Balaban J connectivity index is 1.78. The fourth-order valence-corrected chi connectivity index (χ4v) is 1.92. The summed E-state index contributed by atoms with van der Waals surface area (Å²) < 4.78 is 17.6. The number of carbonyl (C=O) groups excluding carboxylic acids is 2. The first kappa shape index (κ1) is 15.7. The Morgan fingerprint density at radius 3 is 2.55 bits per heavy atom. The maximum absolute atomic E-state index is 12.7. The van der Waals surface area contributed by atoms with Crippen LogP contribution in [0.3, 0.4) is 0 Å². The summed E-state index contributed by atoms with van der Waals surface area (Å²) in [5, 5.41) is 2.51. The van der Waals surface area contributed by atoms with E-state index in [2.05, 4.69) is 5.32 Å². The van der Waals surface area contributed by atoms with E-state index in [9.17, 15) is 14.0 Å². The fraction of sp³-hybridized carbons (Fsp3) is 0.176. The van der Waals surface area contributed by atoms with Crippen molar-refractivity contribution in [1.82, 2.24) is 0 Å². The number of carbonyl (C=O) groups is 2. The highest BCUT2D eigenvalue weighted by Crippen LogP contribution is 2.08. The number of esters is 1. The van der Waals surface area contributed by atoms with Crippen molar-refractivity contribution in [3.8, 4) is 0 Å². The Hall–Kier alpha value is -2.69. The summed E-state index contributed by atoms with van der Waals surface area (Å²) in [4.78, 5) is 23.3. The zero-order chi connectivity index (χ0) is 15.9. The topological polar surface area (TPSA) is 55.4 Å². The van der Waals surface area contributed by atoms with Crippen LogP contribution in [0.1, 0.15) is 11.1 Å². The van der Waals surface area contributed by atoms with Gasteiger partial charge in [0.15, 0.2) is 6.61 Å². The minimum Gasteiger partial charge on any atom is -0.455 e. The normalized spacial score (nSPS) is 10.1. The van der Waals surface area contributed by atoms with Gasteiger partial charge < -0.3 is 10.1 Å². The number of hydrogen-bond acceptors (Lipinski definition) is 3. The van der Waals surface area contributed by atoms with E-state index < -0.39 is 11.9 Å². The second-order valence-electron chi connectivity index (χ2n) is 4.88. The summed E-state index contributed by atoms with van der Waals surface area (Å²) in [7, 11) is 0. The van der Waals surface area contributed by atoms with Crippen molar-refractivity contribution in [3.05, 3.63) is 65.5 Å². The molecule has 0 atom stereocenters. The standard InChI is InChI=1S/C17H16FNO3/c1-12-3-2-4-13(9-12)10-17(21)22-11-16(20)19-15-7-5-14(18)6-8-15/h2-9H,10-11H2,1H3,(H,19,20). The summed E-state index contributed by atoms with van der Waals surface area (Å²) in [5.74, 6) is -1.33. The first-order valence-corrected chi connectivity index (χ1v) is 6.79. The van der Waals surface area contributed by atoms with Crippen LogP contribution in [-0.4, -0.2) is 18.5 Å². The van der Waals surface area contributed by atoms with Gasteiger partial charge in [0.05, 0.1) is 6.42 Å². The lowest BCUT2D eigenvalue weighted by atomic mass is 10.1. The van der Waals surface area contributed by atoms with E-state index in [4.69, 9.17) is 4.74 Å². The van der Waals surface area contributed by atoms with Crippen LogP contribution in [-0.2, 0) is 20.7 Å². The predicted octanol–water partition coefficient (Wildman–Crippen LogP) is 2.86. The third-order valence-electron chi connectivity index (χ3n) is 2.92. The zero-order valence-electron chi connectivity index (χ0n) is 12.1. The van der Waals surface area contributed by atoms with Gasteiger partial charge in [0, 0.05) is 5.69 Å². The van der Waals surface area contributed by atoms with Gasteiger partial charge in [-0.05, 0) is 36.8 Å². The van der Waals surface area contributed by atoms with Gasteiger partial charge in [0.25, 0.3) is 5.91 Å². The van der Waals surface area contributed by atoms with E-state index in [-0.39, 0.29) is 18.8 Å². The minimum atomic E-state index is -0.472. The van der Waals surface area contributed by atoms with E-state index in [1.54, 1.807) is 0 Å². The van der Waals surface area contributed by atoms with Crippen LogP contribution >= 0.6 is 0 Å². The Labute approximate surface area is 127 Å². The van der Waals surface area contributed by atoms with Crippen molar-refractivity contribution in [3.63, 3.8) is 0 Å². The van der Waals surface area contributed by atoms with Gasteiger partial charge in [-0.25, -0.2) is 4.39 Å². The molecule has 0 heterocycles. The monoisotopic (exact) mass is 301 g/mol. The molecule has 1 N–H and O–H groups in total. The third-order valence-corrected chi connectivity index (χ3v) is 2.92. The average molecular weight is 301 g/mol. The van der Waals surface area contributed by atoms with Crippen LogP contribution in [0.5, 0.6) is 0 Å². The smallest absolute Gasteiger partial charge is 0.310 e. The lowest BCUT2D eigenvalue weighted by molar-refractivity contribution is -0.146. The number of hydrogen-bond donors (Lipinski definition) is 1. The van der Waals surface area contributed by atoms with Crippen molar-refractivity contribution >= 4 is 17.6 Å². The summed E-state index contributed by atoms with van der Waals surface area (Å²) >= 11 is 0. The van der Waals surface area contributed by atoms with Crippen LogP contribution in [0.15, 0.2) is 48.5 Å². The van der Waals surface area contributed by atoms with E-state index in [1.165, 1.54) is 24.3 Å². The van der Waals surface area contributed by atoms with Crippen LogP contribution in [0, 0.1) is 12.7 Å². The lowest BCUT2D eigenvalue weighted by Gasteiger charge is -2.07. The highest BCUT2D eigenvalue weighted by atomic mass is 19.1. The number of benzene rings is 2. The molecule has 4 nitrogen and oxygen atoms in total. The SMILES string of the molecule is Cc1cccc(CC(=O)OCC(=O)Nc2ccc(F)cc2)c1. The molecule has 1 amide bonds. The van der Waals surface area contributed by atoms with Crippen molar-refractivity contribution in [2.75, 3.05) is 11.9 Å². The van der Waals surface area contributed by atoms with E-state index in [0.29, 0.717) is 5.69 Å². The van der Waals surface area contributed by atoms with Gasteiger partial charge in [-0.2, -0.15) is 0 Å². The van der Waals surface area contributed by atoms with Gasteiger partial charge in [0.2, 0.25) is 0 Å². The van der Waals surface area contributed by atoms with Gasteiger partial charge in [-0.15, -0.1) is 0 Å². The number of rotatable bonds is 5. The molecule has 0 bridgehead atoms. The number of amides is 1. The Kier molecular flexibility index (Phi) is 5.25. The maximum Gasteiger partial charge on any atom is 0.310 e. The van der Waals surface area contributed by atoms with E-state index >= 15 is 0 Å². The molecule has 5 heteroatoms. The third kappa shape index (κ3) is 5.01. The molecular formula is C17H16FNO3. The van der Waals surface area contributed by atoms with Crippen LogP contribution in [0.4, 0.5) is 10.1 Å². The summed E-state index contributed by atoms with van der Waals surface area (Å²) in [5.41, 5.74) is 2.34. The molecule has 0 spiro atoms. The molecular weight excluding hydrogens is 285 g/mol. The van der Waals surface area contributed by atoms with Crippen molar-refractivity contribution < 1.29 is 18.7 Å². The van der Waals surface area contributed by atoms with Crippen LogP contribution in [0.2, 0.25) is 0 Å². The van der Waals surface area contributed by atoms with E-state index in [0.717, 1.165) is 11.1 Å². The molecule has 2 rings (SSSR count). The fourth-order valence-electron chi connectivity index (χ4n) is 1.92. The molecule has 0 aliphatic heterocycles. The largest absolute Gasteiger partial charge is 0.455 e. The average Bonchev–Trinajstić information content (AvgIpc) is 2.48. The maximum atomic E-state index is 12.7. The molecule has 0 aliphatic carbocycles. The molecule has 2 aromatic rings. The van der Waals surface area contributed by atoms with Gasteiger partial charge in [-0.3, -0.25) is 9.59 Å². The Morgan fingerprint density at radius 1 is 1.14 bits per heavy atom. The number of aryl methyl sites for hydroxylation is 1. The molecule has 0 aliphatic rings. The predicted molar refractivity (Wildman–Crippen MR) is 80.9 cm³/mol. The van der Waals surface area contributed by atoms with Crippen molar-refractivity contribution in [2.24, 2.45) is 0 Å². The second kappa shape index (κ2) is 7.36. The molecule has 0 saturated heterocycles. The van der Waals surface area contributed by atoms with Gasteiger partial charge in [-0.1, -0.05) is 29.8 Å². The van der Waals surface area contributed by atoms with Crippen molar-refractivity contribution in [1.29, 1.82) is 0 Å². The highest BCUT2D eigenvalue weighted by Gasteiger charge is 2.09. The number of ether oxygens (including phenoxy) is 1. The van der Waals surface area contributed by atoms with Gasteiger partial charge in [0.1, 0.15) is 5.82 Å².